The van der Waals surface area contributed by atoms with Crippen LogP contribution in [-0.2, 0) is 10.0 Å². The number of ether oxygens (including phenoxy) is 3. The lowest BCUT2D eigenvalue weighted by molar-refractivity contribution is 0.0697. The molecule has 0 heterocycles. The normalized spacial score (nSPS) is 11.0. The van der Waals surface area contributed by atoms with Crippen molar-refractivity contribution in [3.63, 3.8) is 0 Å². The van der Waals surface area contributed by atoms with Gasteiger partial charge in [0.1, 0.15) is 5.69 Å². The number of nitrogens with one attached hydrogen (secondary N) is 1. The van der Waals surface area contributed by atoms with Crippen LogP contribution in [0.3, 0.4) is 0 Å². The number of carbonyl (C=O) groups is 1. The number of sulfonamides is 1. The van der Waals surface area contributed by atoms with E-state index < -0.39 is 16.0 Å². The summed E-state index contributed by atoms with van der Waals surface area (Å²) in [6.45, 7) is 3.50. The third kappa shape index (κ3) is 3.92. The highest BCUT2D eigenvalue weighted by atomic mass is 32.2. The number of hydrogen-bond acceptors (Lipinski definition) is 6. The summed E-state index contributed by atoms with van der Waals surface area (Å²) >= 11 is 0. The molecule has 2 N–H and O–H groups in total. The number of aromatic carboxylic acids is 1. The van der Waals surface area contributed by atoms with Crippen molar-refractivity contribution >= 4 is 21.7 Å². The van der Waals surface area contributed by atoms with Gasteiger partial charge in [-0.2, -0.15) is 0 Å². The molecule has 9 heteroatoms. The van der Waals surface area contributed by atoms with Crippen LogP contribution in [0.15, 0.2) is 29.2 Å². The summed E-state index contributed by atoms with van der Waals surface area (Å²) in [7, 11) is -0.136. The van der Waals surface area contributed by atoms with Crippen molar-refractivity contribution in [3.8, 4) is 17.2 Å². The second-order valence-corrected chi connectivity index (χ2v) is 7.40. The maximum atomic E-state index is 12.9. The molecule has 8 nitrogen and oxygen atoms in total. The standard InChI is InChI=1S/C18H21NO7S/c1-10-6-7-14(11(2)8-10)27(22,23)19-15-12(18(20)21)9-13(24-3)16(25-4)17(15)26-5/h6-9,19H,1-5H3,(H,20,21). The fraction of sp³-hybridized carbons (Fsp3) is 0.278. The molecule has 0 amide bonds. The van der Waals surface area contributed by atoms with Gasteiger partial charge in [-0.1, -0.05) is 17.7 Å². The molecular formula is C18H21NO7S. The van der Waals surface area contributed by atoms with Crippen LogP contribution in [0.5, 0.6) is 17.2 Å². The fourth-order valence-electron chi connectivity index (χ4n) is 2.72. The number of hydrogen-bond donors (Lipinski definition) is 2. The summed E-state index contributed by atoms with van der Waals surface area (Å²) in [6.07, 6.45) is 0. The zero-order valence-corrected chi connectivity index (χ0v) is 16.4. The van der Waals surface area contributed by atoms with E-state index in [0.717, 1.165) is 5.56 Å². The van der Waals surface area contributed by atoms with E-state index in [4.69, 9.17) is 14.2 Å². The monoisotopic (exact) mass is 395 g/mol. The van der Waals surface area contributed by atoms with E-state index in [1.807, 2.05) is 6.92 Å². The van der Waals surface area contributed by atoms with Crippen molar-refractivity contribution in [2.24, 2.45) is 0 Å². The summed E-state index contributed by atoms with van der Waals surface area (Å²) in [5.41, 5.74) is 0.848. The Balaban J connectivity index is 2.71. The van der Waals surface area contributed by atoms with E-state index in [1.165, 1.54) is 33.5 Å². The molecule has 0 aliphatic rings. The summed E-state index contributed by atoms with van der Waals surface area (Å²) in [4.78, 5) is 11.7. The Morgan fingerprint density at radius 1 is 1.00 bits per heavy atom. The van der Waals surface area contributed by atoms with Crippen molar-refractivity contribution in [2.45, 2.75) is 18.7 Å². The van der Waals surface area contributed by atoms with E-state index in [9.17, 15) is 18.3 Å². The van der Waals surface area contributed by atoms with E-state index >= 15 is 0 Å². The van der Waals surface area contributed by atoms with Crippen molar-refractivity contribution in [1.82, 2.24) is 0 Å². The number of rotatable bonds is 7. The third-order valence-corrected chi connectivity index (χ3v) is 5.43. The Bertz CT molecular complexity index is 984. The quantitative estimate of drug-likeness (QED) is 0.741. The zero-order chi connectivity index (χ0) is 20.4. The molecule has 0 fully saturated rings. The lowest BCUT2D eigenvalue weighted by Crippen LogP contribution is -2.18. The summed E-state index contributed by atoms with van der Waals surface area (Å²) in [6, 6.07) is 6.01. The lowest BCUT2D eigenvalue weighted by atomic mass is 10.1. The number of aryl methyl sites for hydroxylation is 2. The van der Waals surface area contributed by atoms with Crippen LogP contribution in [0.2, 0.25) is 0 Å². The number of carboxylic acid groups (broad SMARTS) is 1. The van der Waals surface area contributed by atoms with Gasteiger partial charge in [-0.3, -0.25) is 4.72 Å². The number of anilines is 1. The molecule has 2 aromatic rings. The number of benzene rings is 2. The van der Waals surface area contributed by atoms with Crippen LogP contribution < -0.4 is 18.9 Å². The first-order chi connectivity index (χ1) is 12.7. The Hall–Kier alpha value is -2.94. The molecule has 0 aromatic heterocycles. The molecule has 0 atom stereocenters. The average Bonchev–Trinajstić information content (AvgIpc) is 2.59. The first-order valence-electron chi connectivity index (χ1n) is 7.82. The van der Waals surface area contributed by atoms with Gasteiger partial charge in [-0.05, 0) is 25.5 Å². The minimum Gasteiger partial charge on any atom is -0.493 e. The fourth-order valence-corrected chi connectivity index (χ4v) is 4.03. The second-order valence-electron chi connectivity index (χ2n) is 5.75. The van der Waals surface area contributed by atoms with Crippen LogP contribution in [0.4, 0.5) is 5.69 Å². The van der Waals surface area contributed by atoms with Crippen molar-refractivity contribution in [1.29, 1.82) is 0 Å². The average molecular weight is 395 g/mol. The van der Waals surface area contributed by atoms with Crippen molar-refractivity contribution in [2.75, 3.05) is 26.1 Å². The van der Waals surface area contributed by atoms with Gasteiger partial charge >= 0.3 is 5.97 Å². The van der Waals surface area contributed by atoms with Crippen LogP contribution >= 0.6 is 0 Å². The molecular weight excluding hydrogens is 374 g/mol. The Labute approximate surface area is 157 Å². The van der Waals surface area contributed by atoms with Gasteiger partial charge in [0.2, 0.25) is 5.75 Å². The van der Waals surface area contributed by atoms with Crippen LogP contribution in [0, 0.1) is 13.8 Å². The second kappa shape index (κ2) is 7.75. The molecule has 0 saturated carbocycles. The van der Waals surface area contributed by atoms with E-state index in [1.54, 1.807) is 19.1 Å². The summed E-state index contributed by atoms with van der Waals surface area (Å²) in [5.74, 6) is -1.28. The smallest absolute Gasteiger partial charge is 0.338 e. The van der Waals surface area contributed by atoms with Gasteiger partial charge in [-0.25, -0.2) is 13.2 Å². The molecule has 2 aromatic carbocycles. The first-order valence-corrected chi connectivity index (χ1v) is 9.30. The molecule has 146 valence electrons. The van der Waals surface area contributed by atoms with Crippen LogP contribution in [0.25, 0.3) is 0 Å². The number of carboxylic acids is 1. The first kappa shape index (κ1) is 20.4. The summed E-state index contributed by atoms with van der Waals surface area (Å²) in [5, 5.41) is 9.54. The summed E-state index contributed by atoms with van der Waals surface area (Å²) < 4.78 is 43.7. The Morgan fingerprint density at radius 3 is 2.11 bits per heavy atom. The van der Waals surface area contributed by atoms with E-state index in [0.29, 0.717) is 5.56 Å². The number of methoxy groups -OCH3 is 3. The maximum absolute atomic E-state index is 12.9. The van der Waals surface area contributed by atoms with Gasteiger partial charge in [0.05, 0.1) is 31.8 Å². The van der Waals surface area contributed by atoms with Gasteiger partial charge in [0.25, 0.3) is 10.0 Å². The minimum absolute atomic E-state index is 0.0290. The van der Waals surface area contributed by atoms with E-state index in [-0.39, 0.29) is 33.4 Å². The van der Waals surface area contributed by atoms with Gasteiger partial charge in [-0.15, -0.1) is 0 Å². The molecule has 0 unspecified atom stereocenters. The molecule has 0 aliphatic carbocycles. The SMILES string of the molecule is COc1cc(C(=O)O)c(NS(=O)(=O)c2ccc(C)cc2C)c(OC)c1OC. The molecule has 0 bridgehead atoms. The Kier molecular flexibility index (Phi) is 5.85. The molecule has 0 aliphatic heterocycles. The van der Waals surface area contributed by atoms with Gasteiger partial charge in [0.15, 0.2) is 11.5 Å². The highest BCUT2D eigenvalue weighted by molar-refractivity contribution is 7.92. The largest absolute Gasteiger partial charge is 0.493 e. The van der Waals surface area contributed by atoms with Crippen molar-refractivity contribution < 1.29 is 32.5 Å². The molecule has 0 spiro atoms. The van der Waals surface area contributed by atoms with E-state index in [2.05, 4.69) is 4.72 Å². The third-order valence-electron chi connectivity index (χ3n) is 3.92. The van der Waals surface area contributed by atoms with Gasteiger partial charge in [0, 0.05) is 6.07 Å². The Morgan fingerprint density at radius 2 is 1.63 bits per heavy atom. The molecule has 2 rings (SSSR count). The zero-order valence-electron chi connectivity index (χ0n) is 15.6. The van der Waals surface area contributed by atoms with Crippen LogP contribution in [-0.4, -0.2) is 40.8 Å². The highest BCUT2D eigenvalue weighted by Crippen LogP contribution is 2.46. The highest BCUT2D eigenvalue weighted by Gasteiger charge is 2.28. The lowest BCUT2D eigenvalue weighted by Gasteiger charge is -2.19. The predicted octanol–water partition coefficient (Wildman–Crippen LogP) is 2.83. The molecule has 0 radical (unpaired) electrons. The topological polar surface area (TPSA) is 111 Å². The molecule has 27 heavy (non-hydrogen) atoms. The molecule has 0 saturated heterocycles. The predicted molar refractivity (Wildman–Crippen MR) is 99.8 cm³/mol. The minimum atomic E-state index is -4.08. The van der Waals surface area contributed by atoms with Crippen molar-refractivity contribution in [3.05, 3.63) is 41.0 Å². The van der Waals surface area contributed by atoms with Crippen LogP contribution in [0.1, 0.15) is 21.5 Å². The maximum Gasteiger partial charge on any atom is 0.338 e. The van der Waals surface area contributed by atoms with Gasteiger partial charge < -0.3 is 19.3 Å².